The second-order valence-electron chi connectivity index (χ2n) is 4.02. The predicted molar refractivity (Wildman–Crippen MR) is 72.8 cm³/mol. The van der Waals surface area contributed by atoms with Gasteiger partial charge in [-0.15, -0.1) is 0 Å². The lowest BCUT2D eigenvalue weighted by Crippen LogP contribution is -2.32. The predicted octanol–water partition coefficient (Wildman–Crippen LogP) is 1.38. The molecule has 1 aromatic rings. The Kier molecular flexibility index (Phi) is 5.05. The van der Waals surface area contributed by atoms with Gasteiger partial charge in [0.05, 0.1) is 13.7 Å². The molecule has 0 bridgehead atoms. The average molecular weight is 249 g/mol. The SMILES string of the molecule is C=C(C)CNC(N)=NCc1ccc(OC)c(O)c1. The number of guanidine groups is 1. The Bertz CT molecular complexity index is 456. The van der Waals surface area contributed by atoms with Gasteiger partial charge in [-0.25, -0.2) is 4.99 Å². The Hall–Kier alpha value is -2.17. The monoisotopic (exact) mass is 249 g/mol. The molecule has 0 aliphatic carbocycles. The lowest BCUT2D eigenvalue weighted by Gasteiger charge is -2.06. The van der Waals surface area contributed by atoms with E-state index in [-0.39, 0.29) is 5.75 Å². The van der Waals surface area contributed by atoms with Gasteiger partial charge >= 0.3 is 0 Å². The van der Waals surface area contributed by atoms with Crippen molar-refractivity contribution < 1.29 is 9.84 Å². The molecule has 1 rings (SSSR count). The number of nitrogens with two attached hydrogens (primary N) is 1. The van der Waals surface area contributed by atoms with Crippen LogP contribution in [-0.4, -0.2) is 24.7 Å². The smallest absolute Gasteiger partial charge is 0.189 e. The second kappa shape index (κ2) is 6.54. The molecule has 0 spiro atoms. The molecular formula is C13H19N3O2. The topological polar surface area (TPSA) is 79.9 Å². The highest BCUT2D eigenvalue weighted by Crippen LogP contribution is 2.26. The molecule has 0 fully saturated rings. The highest BCUT2D eigenvalue weighted by molar-refractivity contribution is 5.78. The molecule has 0 aliphatic heterocycles. The van der Waals surface area contributed by atoms with Crippen LogP contribution in [0, 0.1) is 0 Å². The number of nitrogens with one attached hydrogen (secondary N) is 1. The van der Waals surface area contributed by atoms with E-state index in [1.165, 1.54) is 7.11 Å². The summed E-state index contributed by atoms with van der Waals surface area (Å²) < 4.78 is 4.96. The van der Waals surface area contributed by atoms with Gasteiger partial charge in [-0.05, 0) is 24.6 Å². The third kappa shape index (κ3) is 4.37. The van der Waals surface area contributed by atoms with Crippen molar-refractivity contribution in [2.75, 3.05) is 13.7 Å². The molecule has 0 aliphatic rings. The maximum absolute atomic E-state index is 9.60. The number of aliphatic imine (C=N–C) groups is 1. The molecule has 0 atom stereocenters. The third-order valence-corrected chi connectivity index (χ3v) is 2.25. The molecule has 0 saturated heterocycles. The number of ether oxygens (including phenoxy) is 1. The molecule has 98 valence electrons. The van der Waals surface area contributed by atoms with Gasteiger partial charge in [0.15, 0.2) is 17.5 Å². The summed E-state index contributed by atoms with van der Waals surface area (Å²) in [4.78, 5) is 4.15. The molecule has 0 saturated carbocycles. The van der Waals surface area contributed by atoms with Crippen LogP contribution in [0.2, 0.25) is 0 Å². The molecule has 4 N–H and O–H groups in total. The first kappa shape index (κ1) is 13.9. The minimum Gasteiger partial charge on any atom is -0.504 e. The van der Waals surface area contributed by atoms with Crippen LogP contribution in [0.15, 0.2) is 35.3 Å². The number of rotatable bonds is 5. The van der Waals surface area contributed by atoms with Crippen LogP contribution in [0.25, 0.3) is 0 Å². The van der Waals surface area contributed by atoms with Crippen LogP contribution in [-0.2, 0) is 6.54 Å². The highest BCUT2D eigenvalue weighted by Gasteiger charge is 2.02. The van der Waals surface area contributed by atoms with E-state index >= 15 is 0 Å². The summed E-state index contributed by atoms with van der Waals surface area (Å²) in [5.74, 6) is 0.892. The molecular weight excluding hydrogens is 230 g/mol. The molecule has 0 heterocycles. The van der Waals surface area contributed by atoms with Gasteiger partial charge in [0, 0.05) is 6.54 Å². The van der Waals surface area contributed by atoms with Crippen molar-refractivity contribution in [3.8, 4) is 11.5 Å². The van der Waals surface area contributed by atoms with E-state index in [9.17, 15) is 5.11 Å². The van der Waals surface area contributed by atoms with Gasteiger partial charge < -0.3 is 20.9 Å². The zero-order chi connectivity index (χ0) is 13.5. The fourth-order valence-corrected chi connectivity index (χ4v) is 1.31. The van der Waals surface area contributed by atoms with Crippen molar-refractivity contribution in [3.63, 3.8) is 0 Å². The van der Waals surface area contributed by atoms with Crippen LogP contribution >= 0.6 is 0 Å². The van der Waals surface area contributed by atoms with E-state index in [0.29, 0.717) is 24.8 Å². The molecule has 1 aromatic carbocycles. The van der Waals surface area contributed by atoms with E-state index in [2.05, 4.69) is 16.9 Å². The minimum atomic E-state index is 0.0960. The first-order valence-electron chi connectivity index (χ1n) is 5.57. The first-order valence-corrected chi connectivity index (χ1v) is 5.57. The fraction of sp³-hybridized carbons (Fsp3) is 0.308. The standard InChI is InChI=1S/C13H19N3O2/c1-9(2)7-15-13(14)16-8-10-4-5-12(18-3)11(17)6-10/h4-6,17H,1,7-8H2,2-3H3,(H3,14,15,16). The maximum Gasteiger partial charge on any atom is 0.189 e. The first-order chi connectivity index (χ1) is 8.52. The van der Waals surface area contributed by atoms with Gasteiger partial charge in [-0.1, -0.05) is 18.2 Å². The summed E-state index contributed by atoms with van der Waals surface area (Å²) in [6.07, 6.45) is 0. The molecule has 0 radical (unpaired) electrons. The number of hydrogen-bond donors (Lipinski definition) is 3. The fourth-order valence-electron chi connectivity index (χ4n) is 1.31. The van der Waals surface area contributed by atoms with E-state index in [1.807, 2.05) is 13.0 Å². The summed E-state index contributed by atoms with van der Waals surface area (Å²) in [5, 5.41) is 12.5. The van der Waals surface area contributed by atoms with E-state index < -0.39 is 0 Å². The summed E-state index contributed by atoms with van der Waals surface area (Å²) in [7, 11) is 1.51. The zero-order valence-corrected chi connectivity index (χ0v) is 10.7. The number of hydrogen-bond acceptors (Lipinski definition) is 3. The van der Waals surface area contributed by atoms with E-state index in [1.54, 1.807) is 12.1 Å². The Morgan fingerprint density at radius 2 is 2.28 bits per heavy atom. The number of aromatic hydroxyl groups is 1. The largest absolute Gasteiger partial charge is 0.504 e. The van der Waals surface area contributed by atoms with Crippen molar-refractivity contribution in [2.24, 2.45) is 10.7 Å². The summed E-state index contributed by atoms with van der Waals surface area (Å²) in [6.45, 7) is 6.66. The van der Waals surface area contributed by atoms with Crippen molar-refractivity contribution in [3.05, 3.63) is 35.9 Å². The van der Waals surface area contributed by atoms with E-state index in [0.717, 1.165) is 11.1 Å². The Balaban J connectivity index is 2.59. The number of phenols is 1. The van der Waals surface area contributed by atoms with Crippen molar-refractivity contribution in [2.45, 2.75) is 13.5 Å². The Labute approximate surface area is 107 Å². The summed E-state index contributed by atoms with van der Waals surface area (Å²) in [6, 6.07) is 5.13. The lowest BCUT2D eigenvalue weighted by atomic mass is 10.2. The van der Waals surface area contributed by atoms with Crippen LogP contribution in [0.3, 0.4) is 0 Å². The van der Waals surface area contributed by atoms with Gasteiger partial charge in [0.1, 0.15) is 0 Å². The molecule has 5 nitrogen and oxygen atoms in total. The van der Waals surface area contributed by atoms with Gasteiger partial charge in [0.25, 0.3) is 0 Å². The van der Waals surface area contributed by atoms with Crippen molar-refractivity contribution >= 4 is 5.96 Å². The minimum absolute atomic E-state index is 0.0960. The molecule has 5 heteroatoms. The van der Waals surface area contributed by atoms with Crippen molar-refractivity contribution in [1.82, 2.24) is 5.32 Å². The van der Waals surface area contributed by atoms with Gasteiger partial charge in [0.2, 0.25) is 0 Å². The normalized spacial score (nSPS) is 11.1. The van der Waals surface area contributed by atoms with Crippen LogP contribution in [0.1, 0.15) is 12.5 Å². The third-order valence-electron chi connectivity index (χ3n) is 2.25. The van der Waals surface area contributed by atoms with Crippen LogP contribution < -0.4 is 15.8 Å². The van der Waals surface area contributed by atoms with Gasteiger partial charge in [-0.2, -0.15) is 0 Å². The number of nitrogens with zero attached hydrogens (tertiary/aromatic N) is 1. The van der Waals surface area contributed by atoms with Crippen molar-refractivity contribution in [1.29, 1.82) is 0 Å². The molecule has 18 heavy (non-hydrogen) atoms. The summed E-state index contributed by atoms with van der Waals surface area (Å²) in [5.41, 5.74) is 7.51. The molecule has 0 unspecified atom stereocenters. The zero-order valence-electron chi connectivity index (χ0n) is 10.7. The van der Waals surface area contributed by atoms with Crippen LogP contribution in [0.5, 0.6) is 11.5 Å². The van der Waals surface area contributed by atoms with Crippen LogP contribution in [0.4, 0.5) is 0 Å². The number of methoxy groups -OCH3 is 1. The number of benzene rings is 1. The summed E-state index contributed by atoms with van der Waals surface area (Å²) >= 11 is 0. The molecule has 0 aromatic heterocycles. The molecule has 0 amide bonds. The quantitative estimate of drug-likeness (QED) is 0.418. The maximum atomic E-state index is 9.60. The highest BCUT2D eigenvalue weighted by atomic mass is 16.5. The second-order valence-corrected chi connectivity index (χ2v) is 4.02. The lowest BCUT2D eigenvalue weighted by molar-refractivity contribution is 0.373. The number of phenolic OH excluding ortho intramolecular Hbond substituents is 1. The average Bonchev–Trinajstić information content (AvgIpc) is 2.34. The van der Waals surface area contributed by atoms with E-state index in [4.69, 9.17) is 10.5 Å². The Morgan fingerprint density at radius 1 is 1.56 bits per heavy atom. The van der Waals surface area contributed by atoms with Gasteiger partial charge in [-0.3, -0.25) is 0 Å². The Morgan fingerprint density at radius 3 is 2.83 bits per heavy atom.